The van der Waals surface area contributed by atoms with E-state index in [9.17, 15) is 4.79 Å². The smallest absolute Gasteiger partial charge is 0.241 e. The van der Waals surface area contributed by atoms with E-state index in [1.165, 1.54) is 11.0 Å². The molecular weight excluding hydrogens is 298 g/mol. The van der Waals surface area contributed by atoms with Crippen molar-refractivity contribution in [3.05, 3.63) is 6.33 Å². The molecular formula is C14H25N7O2. The molecule has 0 aliphatic carbocycles. The van der Waals surface area contributed by atoms with Crippen LogP contribution in [-0.2, 0) is 16.1 Å². The molecule has 1 N–H and O–H groups in total. The minimum absolute atomic E-state index is 0.0379. The maximum Gasteiger partial charge on any atom is 0.241 e. The first-order valence-corrected chi connectivity index (χ1v) is 8.29. The highest BCUT2D eigenvalue weighted by atomic mass is 16.5. The van der Waals surface area contributed by atoms with Crippen molar-refractivity contribution in [3.63, 3.8) is 0 Å². The first kappa shape index (κ1) is 16.3. The number of likely N-dealkylation sites (tertiary alicyclic amines) is 1. The molecule has 3 rings (SSSR count). The van der Waals surface area contributed by atoms with E-state index in [4.69, 9.17) is 4.74 Å². The molecule has 0 bridgehead atoms. The van der Waals surface area contributed by atoms with Gasteiger partial charge < -0.3 is 15.0 Å². The standard InChI is InChI=1S/C14H25N7O2/c22-14(11-21-12-16-17-18-21)15-9-13-1-2-20(10-13)4-3-19-5-7-23-8-6-19/h12-13H,1-11H2,(H,15,22). The summed E-state index contributed by atoms with van der Waals surface area (Å²) in [4.78, 5) is 16.8. The van der Waals surface area contributed by atoms with E-state index >= 15 is 0 Å². The van der Waals surface area contributed by atoms with Gasteiger partial charge in [-0.15, -0.1) is 5.10 Å². The number of hydrogen-bond donors (Lipinski definition) is 1. The number of carbonyl (C=O) groups is 1. The van der Waals surface area contributed by atoms with E-state index in [0.717, 1.165) is 65.4 Å². The molecule has 2 aliphatic heterocycles. The Morgan fingerprint density at radius 3 is 2.83 bits per heavy atom. The van der Waals surface area contributed by atoms with Crippen LogP contribution in [0.4, 0.5) is 0 Å². The van der Waals surface area contributed by atoms with Crippen molar-refractivity contribution in [1.29, 1.82) is 0 Å². The molecule has 1 aromatic rings. The van der Waals surface area contributed by atoms with Gasteiger partial charge in [0.05, 0.1) is 13.2 Å². The Hall–Kier alpha value is -1.58. The van der Waals surface area contributed by atoms with Gasteiger partial charge in [-0.1, -0.05) is 0 Å². The molecule has 0 spiro atoms. The second-order valence-electron chi connectivity index (χ2n) is 6.22. The van der Waals surface area contributed by atoms with Crippen LogP contribution in [0.5, 0.6) is 0 Å². The topological polar surface area (TPSA) is 88.4 Å². The zero-order valence-electron chi connectivity index (χ0n) is 13.4. The van der Waals surface area contributed by atoms with Gasteiger partial charge in [-0.3, -0.25) is 9.69 Å². The lowest BCUT2D eigenvalue weighted by Gasteiger charge is -2.28. The highest BCUT2D eigenvalue weighted by molar-refractivity contribution is 5.75. The number of morpholine rings is 1. The van der Waals surface area contributed by atoms with Gasteiger partial charge in [0, 0.05) is 39.3 Å². The Morgan fingerprint density at radius 2 is 2.04 bits per heavy atom. The first-order chi connectivity index (χ1) is 11.3. The summed E-state index contributed by atoms with van der Waals surface area (Å²) in [5.41, 5.74) is 0. The van der Waals surface area contributed by atoms with Crippen LogP contribution in [0.1, 0.15) is 6.42 Å². The Morgan fingerprint density at radius 1 is 1.22 bits per heavy atom. The van der Waals surface area contributed by atoms with Gasteiger partial charge in [0.15, 0.2) is 0 Å². The maximum atomic E-state index is 11.8. The normalized spacial score (nSPS) is 23.2. The van der Waals surface area contributed by atoms with E-state index in [1.54, 1.807) is 0 Å². The number of aromatic nitrogens is 4. The number of nitrogens with one attached hydrogen (secondary N) is 1. The molecule has 2 aliphatic rings. The van der Waals surface area contributed by atoms with Gasteiger partial charge in [0.2, 0.25) is 5.91 Å². The van der Waals surface area contributed by atoms with Crippen molar-refractivity contribution in [1.82, 2.24) is 35.3 Å². The van der Waals surface area contributed by atoms with Crippen molar-refractivity contribution < 1.29 is 9.53 Å². The van der Waals surface area contributed by atoms with Gasteiger partial charge in [-0.25, -0.2) is 4.68 Å². The van der Waals surface area contributed by atoms with Gasteiger partial charge in [-0.05, 0) is 29.3 Å². The molecule has 1 amide bonds. The number of rotatable bonds is 7. The van der Waals surface area contributed by atoms with Crippen molar-refractivity contribution in [2.24, 2.45) is 5.92 Å². The average molecular weight is 323 g/mol. The van der Waals surface area contributed by atoms with Crippen molar-refractivity contribution in [2.45, 2.75) is 13.0 Å². The first-order valence-electron chi connectivity index (χ1n) is 8.29. The highest BCUT2D eigenvalue weighted by Crippen LogP contribution is 2.15. The minimum atomic E-state index is -0.0379. The van der Waals surface area contributed by atoms with Crippen LogP contribution in [0.3, 0.4) is 0 Å². The summed E-state index contributed by atoms with van der Waals surface area (Å²) in [5.74, 6) is 0.501. The Bertz CT molecular complexity index is 475. The SMILES string of the molecule is O=C(Cn1cnnn1)NCC1CCN(CCN2CCOCC2)C1. The summed E-state index contributed by atoms with van der Waals surface area (Å²) in [6.45, 7) is 9.13. The fourth-order valence-corrected chi connectivity index (χ4v) is 3.10. The molecule has 1 aromatic heterocycles. The number of amides is 1. The third-order valence-corrected chi connectivity index (χ3v) is 4.49. The molecule has 1 unspecified atom stereocenters. The third-order valence-electron chi connectivity index (χ3n) is 4.49. The number of hydrogen-bond acceptors (Lipinski definition) is 7. The maximum absolute atomic E-state index is 11.8. The molecule has 9 nitrogen and oxygen atoms in total. The summed E-state index contributed by atoms with van der Waals surface area (Å²) >= 11 is 0. The molecule has 1 atom stereocenters. The van der Waals surface area contributed by atoms with E-state index < -0.39 is 0 Å². The zero-order valence-corrected chi connectivity index (χ0v) is 13.4. The van der Waals surface area contributed by atoms with Crippen molar-refractivity contribution in [2.75, 3.05) is 59.0 Å². The van der Waals surface area contributed by atoms with Crippen LogP contribution in [0.2, 0.25) is 0 Å². The third kappa shape index (κ3) is 5.22. The van der Waals surface area contributed by atoms with Gasteiger partial charge in [0.25, 0.3) is 0 Å². The zero-order chi connectivity index (χ0) is 15.9. The average Bonchev–Trinajstić information content (AvgIpc) is 3.24. The predicted molar refractivity (Wildman–Crippen MR) is 82.6 cm³/mol. The molecule has 2 fully saturated rings. The number of carbonyl (C=O) groups excluding carboxylic acids is 1. The second-order valence-corrected chi connectivity index (χ2v) is 6.22. The molecule has 3 heterocycles. The van der Waals surface area contributed by atoms with Crippen LogP contribution in [0.25, 0.3) is 0 Å². The summed E-state index contributed by atoms with van der Waals surface area (Å²) in [5, 5.41) is 13.7. The van der Waals surface area contributed by atoms with Gasteiger partial charge >= 0.3 is 0 Å². The number of nitrogens with zero attached hydrogens (tertiary/aromatic N) is 6. The Labute approximate surface area is 135 Å². The molecule has 9 heteroatoms. The highest BCUT2D eigenvalue weighted by Gasteiger charge is 2.23. The van der Waals surface area contributed by atoms with Crippen molar-refractivity contribution >= 4 is 5.91 Å². The predicted octanol–water partition coefficient (Wildman–Crippen LogP) is -1.56. The Balaban J connectivity index is 1.29. The fourth-order valence-electron chi connectivity index (χ4n) is 3.10. The molecule has 0 saturated carbocycles. The summed E-state index contributed by atoms with van der Waals surface area (Å²) in [6.07, 6.45) is 2.59. The molecule has 128 valence electrons. The van der Waals surface area contributed by atoms with Crippen LogP contribution < -0.4 is 5.32 Å². The second kappa shape index (κ2) is 8.32. The van der Waals surface area contributed by atoms with Crippen LogP contribution in [-0.4, -0.2) is 94.9 Å². The lowest BCUT2D eigenvalue weighted by atomic mass is 10.1. The van der Waals surface area contributed by atoms with E-state index in [0.29, 0.717) is 5.92 Å². The monoisotopic (exact) mass is 323 g/mol. The summed E-state index contributed by atoms with van der Waals surface area (Å²) in [7, 11) is 0. The molecule has 0 aromatic carbocycles. The summed E-state index contributed by atoms with van der Waals surface area (Å²) in [6, 6.07) is 0. The Kier molecular flexibility index (Phi) is 5.89. The largest absolute Gasteiger partial charge is 0.379 e. The number of tetrazole rings is 1. The lowest BCUT2D eigenvalue weighted by molar-refractivity contribution is -0.122. The van der Waals surface area contributed by atoms with Crippen LogP contribution in [0.15, 0.2) is 6.33 Å². The quantitative estimate of drug-likeness (QED) is 0.649. The lowest BCUT2D eigenvalue weighted by Crippen LogP contribution is -2.41. The van der Waals surface area contributed by atoms with Crippen molar-refractivity contribution in [3.8, 4) is 0 Å². The van der Waals surface area contributed by atoms with E-state index in [1.807, 2.05) is 0 Å². The van der Waals surface area contributed by atoms with Crippen LogP contribution >= 0.6 is 0 Å². The fraction of sp³-hybridized carbons (Fsp3) is 0.857. The molecule has 0 radical (unpaired) electrons. The molecule has 23 heavy (non-hydrogen) atoms. The summed E-state index contributed by atoms with van der Waals surface area (Å²) < 4.78 is 6.80. The minimum Gasteiger partial charge on any atom is -0.379 e. The van der Waals surface area contributed by atoms with Crippen LogP contribution in [0, 0.1) is 5.92 Å². The van der Waals surface area contributed by atoms with Gasteiger partial charge in [-0.2, -0.15) is 0 Å². The van der Waals surface area contributed by atoms with Gasteiger partial charge in [0.1, 0.15) is 12.9 Å². The number of ether oxygens (including phenoxy) is 1. The molecule has 2 saturated heterocycles. The van der Waals surface area contributed by atoms with E-state index in [-0.39, 0.29) is 12.5 Å². The van der Waals surface area contributed by atoms with E-state index in [2.05, 4.69) is 30.6 Å².